The summed E-state index contributed by atoms with van der Waals surface area (Å²) < 4.78 is 5.49. The molecule has 0 bridgehead atoms. The molecule has 1 aromatic rings. The predicted octanol–water partition coefficient (Wildman–Crippen LogP) is 4.15. The molecule has 1 fully saturated rings. The molecule has 6 heteroatoms. The highest BCUT2D eigenvalue weighted by molar-refractivity contribution is 5.88. The number of carbonyl (C=O) groups excluding carboxylic acids is 1. The number of benzene rings is 1. The van der Waals surface area contributed by atoms with Crippen molar-refractivity contribution in [2.45, 2.75) is 58.0 Å². The summed E-state index contributed by atoms with van der Waals surface area (Å²) in [4.78, 5) is 27.2. The van der Waals surface area contributed by atoms with E-state index in [1.807, 2.05) is 39.8 Å². The number of nitrogens with zero attached hydrogens (tertiary/aromatic N) is 2. The number of hydrogen-bond donors (Lipinski definition) is 1. The average molecular weight is 360 g/mol. The number of aryl methyl sites for hydroxylation is 1. The predicted molar refractivity (Wildman–Crippen MR) is 99.9 cm³/mol. The van der Waals surface area contributed by atoms with Gasteiger partial charge < -0.3 is 14.7 Å². The summed E-state index contributed by atoms with van der Waals surface area (Å²) in [6.45, 7) is 9.36. The zero-order valence-electron chi connectivity index (χ0n) is 16.0. The average Bonchev–Trinajstić information content (AvgIpc) is 2.53. The normalized spacial score (nSPS) is 19.2. The minimum absolute atomic E-state index is 0.0620. The number of anilines is 1. The largest absolute Gasteiger partial charge is 0.465 e. The van der Waals surface area contributed by atoms with E-state index in [4.69, 9.17) is 4.74 Å². The molecule has 1 saturated heterocycles. The highest BCUT2D eigenvalue weighted by Gasteiger charge is 2.43. The van der Waals surface area contributed by atoms with Crippen molar-refractivity contribution in [1.82, 2.24) is 4.90 Å². The number of rotatable bonds is 0. The second-order valence-electron chi connectivity index (χ2n) is 8.45. The lowest BCUT2D eigenvalue weighted by atomic mass is 9.68. The number of piperidine rings is 1. The molecule has 2 aliphatic heterocycles. The lowest BCUT2D eigenvalue weighted by molar-refractivity contribution is 0.0158. The Balaban J connectivity index is 1.81. The lowest BCUT2D eigenvalue weighted by Crippen LogP contribution is -2.50. The molecule has 1 aromatic carbocycles. The van der Waals surface area contributed by atoms with Crippen LogP contribution in [-0.2, 0) is 10.2 Å². The second-order valence-corrected chi connectivity index (χ2v) is 8.45. The summed E-state index contributed by atoms with van der Waals surface area (Å²) in [5.41, 5.74) is 2.39. The van der Waals surface area contributed by atoms with Crippen molar-refractivity contribution in [3.63, 3.8) is 0 Å². The van der Waals surface area contributed by atoms with E-state index in [2.05, 4.69) is 6.07 Å². The Bertz CT molecular complexity index is 715. The molecule has 3 rings (SSSR count). The SMILES string of the molecule is Cc1ccc2c(c1)N(C(=O)O)CCC21CCN(C(=O)OC(C)(C)C)CC1. The molecule has 2 aliphatic rings. The van der Waals surface area contributed by atoms with E-state index in [9.17, 15) is 14.7 Å². The van der Waals surface area contributed by atoms with Gasteiger partial charge in [0.25, 0.3) is 0 Å². The van der Waals surface area contributed by atoms with E-state index in [1.54, 1.807) is 4.90 Å². The highest BCUT2D eigenvalue weighted by Crippen LogP contribution is 2.47. The molecule has 6 nitrogen and oxygen atoms in total. The van der Waals surface area contributed by atoms with Crippen LogP contribution in [0, 0.1) is 6.92 Å². The van der Waals surface area contributed by atoms with Gasteiger partial charge in [-0.3, -0.25) is 4.90 Å². The Hall–Kier alpha value is -2.24. The second kappa shape index (κ2) is 6.49. The third-order valence-corrected chi connectivity index (χ3v) is 5.43. The first-order valence-corrected chi connectivity index (χ1v) is 9.21. The number of carbonyl (C=O) groups is 2. The van der Waals surface area contributed by atoms with Crippen LogP contribution < -0.4 is 4.90 Å². The number of hydrogen-bond acceptors (Lipinski definition) is 3. The molecule has 2 amide bonds. The fourth-order valence-electron chi connectivity index (χ4n) is 4.06. The van der Waals surface area contributed by atoms with Crippen LogP contribution in [0.25, 0.3) is 0 Å². The molecule has 0 saturated carbocycles. The molecule has 1 N–H and O–H groups in total. The van der Waals surface area contributed by atoms with Crippen molar-refractivity contribution < 1.29 is 19.4 Å². The van der Waals surface area contributed by atoms with E-state index in [0.717, 1.165) is 36.1 Å². The van der Waals surface area contributed by atoms with Crippen molar-refractivity contribution in [3.05, 3.63) is 29.3 Å². The summed E-state index contributed by atoms with van der Waals surface area (Å²) in [6, 6.07) is 6.08. The van der Waals surface area contributed by atoms with Gasteiger partial charge in [0.15, 0.2) is 0 Å². The topological polar surface area (TPSA) is 70.1 Å². The summed E-state index contributed by atoms with van der Waals surface area (Å²) in [5.74, 6) is 0. The zero-order valence-corrected chi connectivity index (χ0v) is 16.0. The monoisotopic (exact) mass is 360 g/mol. The Morgan fingerprint density at radius 2 is 1.73 bits per heavy atom. The van der Waals surface area contributed by atoms with E-state index in [-0.39, 0.29) is 11.5 Å². The molecule has 0 aromatic heterocycles. The van der Waals surface area contributed by atoms with Crippen molar-refractivity contribution in [1.29, 1.82) is 0 Å². The van der Waals surface area contributed by atoms with Gasteiger partial charge in [0.05, 0.1) is 5.69 Å². The van der Waals surface area contributed by atoms with Gasteiger partial charge in [-0.15, -0.1) is 0 Å². The summed E-state index contributed by atoms with van der Waals surface area (Å²) in [6.07, 6.45) is 1.28. The van der Waals surface area contributed by atoms with Crippen LogP contribution in [0.3, 0.4) is 0 Å². The maximum atomic E-state index is 12.3. The molecule has 26 heavy (non-hydrogen) atoms. The van der Waals surface area contributed by atoms with E-state index < -0.39 is 11.7 Å². The quantitative estimate of drug-likeness (QED) is 0.754. The standard InChI is InChI=1S/C20H28N2O4/c1-14-5-6-15-16(13-14)22(17(23)24)12-9-20(15)7-10-21(11-8-20)18(25)26-19(2,3)4/h5-6,13H,7-12H2,1-4H3,(H,23,24). The fraction of sp³-hybridized carbons (Fsp3) is 0.600. The van der Waals surface area contributed by atoms with Gasteiger partial charge in [-0.25, -0.2) is 9.59 Å². The fourth-order valence-corrected chi connectivity index (χ4v) is 4.06. The van der Waals surface area contributed by atoms with Gasteiger partial charge in [0.2, 0.25) is 0 Å². The Kier molecular flexibility index (Phi) is 4.63. The van der Waals surface area contributed by atoms with Crippen LogP contribution in [0.5, 0.6) is 0 Å². The summed E-state index contributed by atoms with van der Waals surface area (Å²) >= 11 is 0. The highest BCUT2D eigenvalue weighted by atomic mass is 16.6. The van der Waals surface area contributed by atoms with Gasteiger partial charge in [-0.1, -0.05) is 12.1 Å². The third kappa shape index (κ3) is 3.50. The number of likely N-dealkylation sites (tertiary alicyclic amines) is 1. The molecule has 0 unspecified atom stereocenters. The first-order chi connectivity index (χ1) is 12.1. The van der Waals surface area contributed by atoms with Crippen LogP contribution in [0.15, 0.2) is 18.2 Å². The third-order valence-electron chi connectivity index (χ3n) is 5.43. The van der Waals surface area contributed by atoms with E-state index in [0.29, 0.717) is 19.6 Å². The Morgan fingerprint density at radius 1 is 1.12 bits per heavy atom. The Labute approximate surface area is 154 Å². The summed E-state index contributed by atoms with van der Waals surface area (Å²) in [7, 11) is 0. The number of fused-ring (bicyclic) bond motifs is 2. The molecular weight excluding hydrogens is 332 g/mol. The van der Waals surface area contributed by atoms with Gasteiger partial charge in [0.1, 0.15) is 5.60 Å². The van der Waals surface area contributed by atoms with Gasteiger partial charge >= 0.3 is 12.2 Å². The van der Waals surface area contributed by atoms with Crippen molar-refractivity contribution in [2.75, 3.05) is 24.5 Å². The van der Waals surface area contributed by atoms with E-state index in [1.165, 1.54) is 4.90 Å². The molecule has 2 heterocycles. The smallest absolute Gasteiger partial charge is 0.411 e. The van der Waals surface area contributed by atoms with Crippen LogP contribution in [0.2, 0.25) is 0 Å². The molecule has 0 atom stereocenters. The lowest BCUT2D eigenvalue weighted by Gasteiger charge is -2.47. The first kappa shape index (κ1) is 18.5. The van der Waals surface area contributed by atoms with Gasteiger partial charge in [-0.05, 0) is 64.2 Å². The molecule has 0 aliphatic carbocycles. The molecule has 0 radical (unpaired) electrons. The van der Waals surface area contributed by atoms with E-state index >= 15 is 0 Å². The van der Waals surface area contributed by atoms with Crippen LogP contribution >= 0.6 is 0 Å². The number of ether oxygens (including phenoxy) is 1. The molecular formula is C20H28N2O4. The first-order valence-electron chi connectivity index (χ1n) is 9.21. The maximum absolute atomic E-state index is 12.3. The Morgan fingerprint density at radius 3 is 2.31 bits per heavy atom. The number of carboxylic acid groups (broad SMARTS) is 1. The zero-order chi connectivity index (χ0) is 19.1. The minimum Gasteiger partial charge on any atom is -0.465 e. The summed E-state index contributed by atoms with van der Waals surface area (Å²) in [5, 5.41) is 9.54. The number of amides is 2. The van der Waals surface area contributed by atoms with Crippen molar-refractivity contribution >= 4 is 17.9 Å². The van der Waals surface area contributed by atoms with Crippen molar-refractivity contribution in [2.24, 2.45) is 0 Å². The molecule has 142 valence electrons. The minimum atomic E-state index is -0.905. The molecule has 1 spiro atoms. The van der Waals surface area contributed by atoms with Crippen molar-refractivity contribution in [3.8, 4) is 0 Å². The van der Waals surface area contributed by atoms with Crippen LogP contribution in [0.1, 0.15) is 51.2 Å². The van der Waals surface area contributed by atoms with Crippen LogP contribution in [-0.4, -0.2) is 47.4 Å². The van der Waals surface area contributed by atoms with Gasteiger partial charge in [0, 0.05) is 25.0 Å². The van der Waals surface area contributed by atoms with Crippen LogP contribution in [0.4, 0.5) is 15.3 Å². The van der Waals surface area contributed by atoms with Gasteiger partial charge in [-0.2, -0.15) is 0 Å². The maximum Gasteiger partial charge on any atom is 0.411 e.